The van der Waals surface area contributed by atoms with E-state index in [4.69, 9.17) is 9.84 Å². The van der Waals surface area contributed by atoms with Crippen LogP contribution in [0.1, 0.15) is 12.0 Å². The lowest BCUT2D eigenvalue weighted by atomic mass is 10.1. The van der Waals surface area contributed by atoms with Crippen molar-refractivity contribution in [1.29, 1.82) is 0 Å². The van der Waals surface area contributed by atoms with Crippen molar-refractivity contribution in [2.75, 3.05) is 13.7 Å². The van der Waals surface area contributed by atoms with Gasteiger partial charge in [0.15, 0.2) is 0 Å². The number of carbonyl (C=O) groups is 2. The maximum atomic E-state index is 11.5. The fourth-order valence-electron chi connectivity index (χ4n) is 1.51. The van der Waals surface area contributed by atoms with Gasteiger partial charge in [-0.1, -0.05) is 30.3 Å². The molecule has 0 spiro atoms. The van der Waals surface area contributed by atoms with E-state index in [-0.39, 0.29) is 25.4 Å². The van der Waals surface area contributed by atoms with Gasteiger partial charge in [-0.25, -0.2) is 4.79 Å². The minimum Gasteiger partial charge on any atom is -0.480 e. The van der Waals surface area contributed by atoms with E-state index in [1.807, 2.05) is 30.3 Å². The topological polar surface area (TPSA) is 75.6 Å². The van der Waals surface area contributed by atoms with E-state index in [2.05, 4.69) is 5.32 Å². The van der Waals surface area contributed by atoms with Gasteiger partial charge in [0.05, 0.1) is 6.61 Å². The highest BCUT2D eigenvalue weighted by Crippen LogP contribution is 2.03. The van der Waals surface area contributed by atoms with Gasteiger partial charge in [-0.2, -0.15) is 0 Å². The zero-order valence-electron chi connectivity index (χ0n) is 10.3. The quantitative estimate of drug-likeness (QED) is 0.752. The van der Waals surface area contributed by atoms with Crippen LogP contribution >= 0.6 is 0 Å². The first-order chi connectivity index (χ1) is 8.63. The van der Waals surface area contributed by atoms with E-state index in [0.29, 0.717) is 0 Å². The van der Waals surface area contributed by atoms with Crippen LogP contribution in [0, 0.1) is 0 Å². The van der Waals surface area contributed by atoms with Crippen molar-refractivity contribution in [3.05, 3.63) is 35.9 Å². The SMILES string of the molecule is COCCC(=O)N[C@@H](Cc1ccccc1)C(=O)O. The minimum atomic E-state index is -1.04. The van der Waals surface area contributed by atoms with Gasteiger partial charge in [-0.15, -0.1) is 0 Å². The average Bonchev–Trinajstić information content (AvgIpc) is 2.36. The largest absolute Gasteiger partial charge is 0.480 e. The summed E-state index contributed by atoms with van der Waals surface area (Å²) >= 11 is 0. The fourth-order valence-corrected chi connectivity index (χ4v) is 1.51. The van der Waals surface area contributed by atoms with Crippen LogP contribution in [-0.2, 0) is 20.7 Å². The molecule has 1 aromatic carbocycles. The molecular weight excluding hydrogens is 234 g/mol. The van der Waals surface area contributed by atoms with Gasteiger partial charge in [0, 0.05) is 20.0 Å². The lowest BCUT2D eigenvalue weighted by Crippen LogP contribution is -2.42. The van der Waals surface area contributed by atoms with Gasteiger partial charge in [-0.05, 0) is 5.56 Å². The molecule has 2 N–H and O–H groups in total. The molecule has 0 aliphatic carbocycles. The molecule has 0 heterocycles. The summed E-state index contributed by atoms with van der Waals surface area (Å²) in [5.41, 5.74) is 0.872. The number of rotatable bonds is 7. The van der Waals surface area contributed by atoms with E-state index in [1.165, 1.54) is 7.11 Å². The highest BCUT2D eigenvalue weighted by Gasteiger charge is 2.19. The maximum Gasteiger partial charge on any atom is 0.326 e. The Bertz CT molecular complexity index is 391. The molecule has 0 bridgehead atoms. The van der Waals surface area contributed by atoms with E-state index < -0.39 is 12.0 Å². The van der Waals surface area contributed by atoms with Crippen molar-refractivity contribution in [3.8, 4) is 0 Å². The molecule has 0 fully saturated rings. The van der Waals surface area contributed by atoms with E-state index >= 15 is 0 Å². The third kappa shape index (κ3) is 4.97. The van der Waals surface area contributed by atoms with Crippen molar-refractivity contribution in [1.82, 2.24) is 5.32 Å². The molecule has 0 saturated heterocycles. The second kappa shape index (κ2) is 7.45. The zero-order chi connectivity index (χ0) is 13.4. The Morgan fingerprint density at radius 2 is 2.00 bits per heavy atom. The smallest absolute Gasteiger partial charge is 0.326 e. The van der Waals surface area contributed by atoms with Crippen LogP contribution in [0.3, 0.4) is 0 Å². The van der Waals surface area contributed by atoms with Crippen LogP contribution in [0.15, 0.2) is 30.3 Å². The van der Waals surface area contributed by atoms with Crippen molar-refractivity contribution in [3.63, 3.8) is 0 Å². The molecule has 1 amide bonds. The summed E-state index contributed by atoms with van der Waals surface area (Å²) in [6.45, 7) is 0.281. The third-order valence-electron chi connectivity index (χ3n) is 2.45. The minimum absolute atomic E-state index is 0.162. The van der Waals surface area contributed by atoms with Crippen molar-refractivity contribution in [2.24, 2.45) is 0 Å². The van der Waals surface area contributed by atoms with Crippen LogP contribution < -0.4 is 5.32 Å². The molecule has 0 saturated carbocycles. The molecule has 1 atom stereocenters. The van der Waals surface area contributed by atoms with Crippen LogP contribution in [0.2, 0.25) is 0 Å². The fraction of sp³-hybridized carbons (Fsp3) is 0.385. The molecular formula is C13H17NO4. The second-order valence-electron chi connectivity index (χ2n) is 3.89. The molecule has 1 aromatic rings. The number of hydrogen-bond acceptors (Lipinski definition) is 3. The number of methoxy groups -OCH3 is 1. The molecule has 5 nitrogen and oxygen atoms in total. The second-order valence-corrected chi connectivity index (χ2v) is 3.89. The Kier molecular flexibility index (Phi) is 5.87. The van der Waals surface area contributed by atoms with Crippen LogP contribution in [0.25, 0.3) is 0 Å². The predicted octanol–water partition coefficient (Wildman–Crippen LogP) is 0.835. The summed E-state index contributed by atoms with van der Waals surface area (Å²) in [5.74, 6) is -1.36. The molecule has 0 unspecified atom stereocenters. The molecule has 0 radical (unpaired) electrons. The average molecular weight is 251 g/mol. The van der Waals surface area contributed by atoms with Crippen molar-refractivity contribution < 1.29 is 19.4 Å². The summed E-state index contributed by atoms with van der Waals surface area (Å²) in [6.07, 6.45) is 0.434. The Labute approximate surface area is 106 Å². The van der Waals surface area contributed by atoms with Gasteiger partial charge < -0.3 is 15.2 Å². The van der Waals surface area contributed by atoms with E-state index in [9.17, 15) is 9.59 Å². The number of amides is 1. The number of carboxylic acids is 1. The monoisotopic (exact) mass is 251 g/mol. The van der Waals surface area contributed by atoms with Gasteiger partial charge in [0.2, 0.25) is 5.91 Å². The highest BCUT2D eigenvalue weighted by atomic mass is 16.5. The maximum absolute atomic E-state index is 11.5. The number of carboxylic acid groups (broad SMARTS) is 1. The van der Waals surface area contributed by atoms with E-state index in [1.54, 1.807) is 0 Å². The van der Waals surface area contributed by atoms with E-state index in [0.717, 1.165) is 5.56 Å². The van der Waals surface area contributed by atoms with Gasteiger partial charge in [0.25, 0.3) is 0 Å². The van der Waals surface area contributed by atoms with Crippen LogP contribution in [0.4, 0.5) is 0 Å². The summed E-state index contributed by atoms with van der Waals surface area (Å²) in [4.78, 5) is 22.5. The summed E-state index contributed by atoms with van der Waals surface area (Å²) in [6, 6.07) is 8.28. The first-order valence-corrected chi connectivity index (χ1v) is 5.68. The summed E-state index contributed by atoms with van der Waals surface area (Å²) in [5, 5.41) is 11.5. The number of aliphatic carboxylic acids is 1. The molecule has 18 heavy (non-hydrogen) atoms. The molecule has 1 rings (SSSR count). The first kappa shape index (κ1) is 14.2. The zero-order valence-corrected chi connectivity index (χ0v) is 10.3. The lowest BCUT2D eigenvalue weighted by molar-refractivity contribution is -0.141. The van der Waals surface area contributed by atoms with Gasteiger partial charge in [-0.3, -0.25) is 4.79 Å². The van der Waals surface area contributed by atoms with Crippen molar-refractivity contribution in [2.45, 2.75) is 18.9 Å². The molecule has 0 aromatic heterocycles. The standard InChI is InChI=1S/C13H17NO4/c1-18-8-7-12(15)14-11(13(16)17)9-10-5-3-2-4-6-10/h2-6,11H,7-9H2,1H3,(H,14,15)(H,16,17)/t11-/m0/s1. The van der Waals surface area contributed by atoms with Gasteiger partial charge >= 0.3 is 5.97 Å². The van der Waals surface area contributed by atoms with Crippen LogP contribution in [0.5, 0.6) is 0 Å². The Hall–Kier alpha value is -1.88. The van der Waals surface area contributed by atoms with Crippen LogP contribution in [-0.4, -0.2) is 36.7 Å². The molecule has 0 aliphatic heterocycles. The first-order valence-electron chi connectivity index (χ1n) is 5.68. The van der Waals surface area contributed by atoms with Crippen molar-refractivity contribution >= 4 is 11.9 Å². The number of nitrogens with one attached hydrogen (secondary N) is 1. The molecule has 0 aliphatic rings. The number of hydrogen-bond donors (Lipinski definition) is 2. The lowest BCUT2D eigenvalue weighted by Gasteiger charge is -2.14. The normalized spacial score (nSPS) is 11.8. The summed E-state index contributed by atoms with van der Waals surface area (Å²) < 4.78 is 4.76. The third-order valence-corrected chi connectivity index (χ3v) is 2.45. The number of benzene rings is 1. The Morgan fingerprint density at radius 3 is 2.56 bits per heavy atom. The number of ether oxygens (including phenoxy) is 1. The van der Waals surface area contributed by atoms with Gasteiger partial charge in [0.1, 0.15) is 6.04 Å². The highest BCUT2D eigenvalue weighted by molar-refractivity contribution is 5.83. The molecule has 98 valence electrons. The Balaban J connectivity index is 2.55. The molecule has 5 heteroatoms. The number of carbonyl (C=O) groups excluding carboxylic acids is 1. The Morgan fingerprint density at radius 1 is 1.33 bits per heavy atom. The predicted molar refractivity (Wildman–Crippen MR) is 66.2 cm³/mol. The summed E-state index contributed by atoms with van der Waals surface area (Å²) in [7, 11) is 1.49.